The summed E-state index contributed by atoms with van der Waals surface area (Å²) in [6.45, 7) is 2.04. The van der Waals surface area contributed by atoms with Gasteiger partial charge in [0.1, 0.15) is 0 Å². The Kier molecular flexibility index (Phi) is 3.04. The summed E-state index contributed by atoms with van der Waals surface area (Å²) in [7, 11) is 1.95. The maximum Gasteiger partial charge on any atom is 0.256 e. The third-order valence-corrected chi connectivity index (χ3v) is 6.00. The van der Waals surface area contributed by atoms with Crippen molar-refractivity contribution < 1.29 is 14.3 Å². The summed E-state index contributed by atoms with van der Waals surface area (Å²) in [6.07, 6.45) is 3.85. The summed E-state index contributed by atoms with van der Waals surface area (Å²) in [5.41, 5.74) is 1.16. The Morgan fingerprint density at radius 3 is 3.00 bits per heavy atom. The van der Waals surface area contributed by atoms with Crippen LogP contribution in [0, 0.1) is 0 Å². The van der Waals surface area contributed by atoms with Crippen molar-refractivity contribution >= 4 is 22.7 Å². The van der Waals surface area contributed by atoms with Crippen molar-refractivity contribution in [1.82, 2.24) is 14.4 Å². The summed E-state index contributed by atoms with van der Waals surface area (Å²) in [5, 5.41) is 0.960. The van der Waals surface area contributed by atoms with Gasteiger partial charge in [-0.1, -0.05) is 18.2 Å². The van der Waals surface area contributed by atoms with E-state index in [4.69, 9.17) is 4.74 Å². The number of likely N-dealkylation sites (tertiary alicyclic amines) is 1. The largest absolute Gasteiger partial charge is 0.353 e. The highest BCUT2D eigenvalue weighted by atomic mass is 16.5. The van der Waals surface area contributed by atoms with E-state index < -0.39 is 5.72 Å². The van der Waals surface area contributed by atoms with Crippen molar-refractivity contribution in [3.63, 3.8) is 0 Å². The highest BCUT2D eigenvalue weighted by molar-refractivity contribution is 6.07. The predicted octanol–water partition coefficient (Wildman–Crippen LogP) is 1.74. The molecule has 130 valence electrons. The third-order valence-electron chi connectivity index (χ3n) is 6.00. The van der Waals surface area contributed by atoms with Gasteiger partial charge in [-0.25, -0.2) is 0 Å². The first kappa shape index (κ1) is 15.0. The number of amides is 2. The van der Waals surface area contributed by atoms with Crippen LogP contribution in [0.1, 0.15) is 29.6 Å². The van der Waals surface area contributed by atoms with Crippen LogP contribution in [0.3, 0.4) is 0 Å². The second-order valence-electron chi connectivity index (χ2n) is 7.23. The van der Waals surface area contributed by atoms with Crippen LogP contribution >= 0.6 is 0 Å². The van der Waals surface area contributed by atoms with Gasteiger partial charge in [0.2, 0.25) is 5.91 Å². The maximum atomic E-state index is 13.3. The molecule has 2 aromatic rings. The lowest BCUT2D eigenvalue weighted by Gasteiger charge is -2.42. The number of carbonyl (C=O) groups is 2. The number of aryl methyl sites for hydroxylation is 1. The molecule has 1 aromatic heterocycles. The second kappa shape index (κ2) is 5.08. The molecule has 1 aromatic carbocycles. The van der Waals surface area contributed by atoms with E-state index >= 15 is 0 Å². The monoisotopic (exact) mass is 339 g/mol. The highest BCUT2D eigenvalue weighted by Gasteiger charge is 2.61. The number of benzene rings is 1. The number of nitrogens with zero attached hydrogens (tertiary/aromatic N) is 3. The number of ether oxygens (including phenoxy) is 1. The van der Waals surface area contributed by atoms with Crippen LogP contribution in [-0.4, -0.2) is 57.6 Å². The molecular weight excluding hydrogens is 318 g/mol. The van der Waals surface area contributed by atoms with Crippen molar-refractivity contribution in [2.75, 3.05) is 19.7 Å². The molecule has 0 saturated carbocycles. The summed E-state index contributed by atoms with van der Waals surface area (Å²) in [6, 6.07) is 7.76. The average molecular weight is 339 g/mol. The standard InChI is InChI=1S/C19H21N3O3/c1-20-12-14(13-5-2-3-6-15(13)20)18(24)21-9-7-19-16(21)11-17(23)22(19)8-4-10-25-19/h2-3,5-6,12,16H,4,7-11H2,1H3/t16-,19+/m1/s1. The molecule has 3 aliphatic heterocycles. The Hall–Kier alpha value is -2.34. The minimum atomic E-state index is -0.588. The number of hydrogen-bond acceptors (Lipinski definition) is 3. The molecule has 2 atom stereocenters. The number of rotatable bonds is 1. The highest BCUT2D eigenvalue weighted by Crippen LogP contribution is 2.45. The first-order valence-electron chi connectivity index (χ1n) is 8.91. The van der Waals surface area contributed by atoms with Crippen molar-refractivity contribution in [2.24, 2.45) is 7.05 Å². The number of para-hydroxylation sites is 1. The lowest BCUT2D eigenvalue weighted by Crippen LogP contribution is -2.56. The zero-order valence-electron chi connectivity index (χ0n) is 14.3. The van der Waals surface area contributed by atoms with E-state index in [-0.39, 0.29) is 17.9 Å². The third kappa shape index (κ3) is 1.88. The Bertz CT molecular complexity index is 889. The predicted molar refractivity (Wildman–Crippen MR) is 92.0 cm³/mol. The topological polar surface area (TPSA) is 54.8 Å². The van der Waals surface area contributed by atoms with Crippen molar-refractivity contribution in [2.45, 2.75) is 31.0 Å². The van der Waals surface area contributed by atoms with Crippen LogP contribution in [-0.2, 0) is 16.6 Å². The van der Waals surface area contributed by atoms with E-state index in [0.717, 1.165) is 23.9 Å². The van der Waals surface area contributed by atoms with Crippen LogP contribution in [0.15, 0.2) is 30.5 Å². The fourth-order valence-electron chi connectivity index (χ4n) is 4.86. The Morgan fingerprint density at radius 2 is 2.12 bits per heavy atom. The second-order valence-corrected chi connectivity index (χ2v) is 7.23. The fraction of sp³-hybridized carbons (Fsp3) is 0.474. The zero-order valence-corrected chi connectivity index (χ0v) is 14.3. The first-order valence-corrected chi connectivity index (χ1v) is 8.91. The fourth-order valence-corrected chi connectivity index (χ4v) is 4.86. The average Bonchev–Trinajstić information content (AvgIpc) is 3.23. The molecule has 0 bridgehead atoms. The summed E-state index contributed by atoms with van der Waals surface area (Å²) < 4.78 is 8.08. The first-order chi connectivity index (χ1) is 12.1. The van der Waals surface area contributed by atoms with Gasteiger partial charge in [0.15, 0.2) is 5.72 Å². The molecule has 25 heavy (non-hydrogen) atoms. The van der Waals surface area contributed by atoms with Crippen molar-refractivity contribution in [3.05, 3.63) is 36.0 Å². The van der Waals surface area contributed by atoms with Gasteiger partial charge in [-0.15, -0.1) is 0 Å². The molecular formula is C19H21N3O3. The van der Waals surface area contributed by atoms with Crippen LogP contribution in [0.5, 0.6) is 0 Å². The molecule has 6 nitrogen and oxygen atoms in total. The van der Waals surface area contributed by atoms with Crippen molar-refractivity contribution in [3.8, 4) is 0 Å². The molecule has 4 heterocycles. The Morgan fingerprint density at radius 1 is 1.28 bits per heavy atom. The van der Waals surface area contributed by atoms with E-state index in [1.54, 1.807) is 0 Å². The smallest absolute Gasteiger partial charge is 0.256 e. The molecule has 0 N–H and O–H groups in total. The Balaban J connectivity index is 1.54. The molecule has 5 rings (SSSR count). The molecule has 3 saturated heterocycles. The molecule has 1 spiro atoms. The number of carbonyl (C=O) groups excluding carboxylic acids is 2. The van der Waals surface area contributed by atoms with Crippen molar-refractivity contribution in [1.29, 1.82) is 0 Å². The van der Waals surface area contributed by atoms with Gasteiger partial charge < -0.3 is 19.1 Å². The molecule has 3 aliphatic rings. The Labute approximate surface area is 145 Å². The maximum absolute atomic E-state index is 13.3. The molecule has 6 heteroatoms. The van der Waals surface area contributed by atoms with E-state index in [9.17, 15) is 9.59 Å². The van der Waals surface area contributed by atoms with Gasteiger partial charge in [0.25, 0.3) is 5.91 Å². The molecule has 0 unspecified atom stereocenters. The normalized spacial score (nSPS) is 28.5. The minimum Gasteiger partial charge on any atom is -0.353 e. The van der Waals surface area contributed by atoms with Gasteiger partial charge in [0.05, 0.1) is 24.6 Å². The van der Waals surface area contributed by atoms with Gasteiger partial charge in [-0.05, 0) is 12.5 Å². The lowest BCUT2D eigenvalue weighted by atomic mass is 10.0. The molecule has 3 fully saturated rings. The van der Waals surface area contributed by atoms with Gasteiger partial charge in [-0.2, -0.15) is 0 Å². The number of hydrogen-bond donors (Lipinski definition) is 0. The van der Waals surface area contributed by atoms with E-state index in [1.807, 2.05) is 51.9 Å². The summed E-state index contributed by atoms with van der Waals surface area (Å²) in [4.78, 5) is 29.5. The molecule has 0 aliphatic carbocycles. The van der Waals surface area contributed by atoms with Crippen LogP contribution in [0.25, 0.3) is 10.9 Å². The summed E-state index contributed by atoms with van der Waals surface area (Å²) in [5.74, 6) is 0.114. The van der Waals surface area contributed by atoms with Crippen LogP contribution in [0.4, 0.5) is 0 Å². The van der Waals surface area contributed by atoms with Gasteiger partial charge in [-0.3, -0.25) is 9.59 Å². The van der Waals surface area contributed by atoms with Gasteiger partial charge in [0, 0.05) is 43.7 Å². The SMILES string of the molecule is Cn1cc(C(=O)N2CC[C@@]34OCCCN3C(=O)C[C@@H]24)c2ccccc21. The quantitative estimate of drug-likeness (QED) is 0.795. The minimum absolute atomic E-state index is 0.00231. The van der Waals surface area contributed by atoms with E-state index in [2.05, 4.69) is 0 Å². The molecule has 2 amide bonds. The lowest BCUT2D eigenvalue weighted by molar-refractivity contribution is -0.179. The summed E-state index contributed by atoms with van der Waals surface area (Å²) >= 11 is 0. The number of aromatic nitrogens is 1. The van der Waals surface area contributed by atoms with E-state index in [1.165, 1.54) is 0 Å². The van der Waals surface area contributed by atoms with Gasteiger partial charge >= 0.3 is 0 Å². The zero-order chi connectivity index (χ0) is 17.2. The van der Waals surface area contributed by atoms with E-state index in [0.29, 0.717) is 31.6 Å². The number of fused-ring (bicyclic) bond motifs is 1. The van der Waals surface area contributed by atoms with Crippen LogP contribution < -0.4 is 0 Å². The molecule has 0 radical (unpaired) electrons. The van der Waals surface area contributed by atoms with Crippen LogP contribution in [0.2, 0.25) is 0 Å².